The molecule has 2 aliphatic heterocycles. The van der Waals surface area contributed by atoms with Gasteiger partial charge in [0.1, 0.15) is 11.8 Å². The topological polar surface area (TPSA) is 96.2 Å². The molecular formula is C36H43ClF2N4O4S. The molecule has 2 N–H and O–H groups in total. The number of nitrogens with zero attached hydrogens (tertiary/aromatic N) is 3. The summed E-state index contributed by atoms with van der Waals surface area (Å²) in [5.41, 5.74) is 8.67. The first-order valence-corrected chi connectivity index (χ1v) is 18.6. The van der Waals surface area contributed by atoms with E-state index in [-0.39, 0.29) is 31.0 Å². The highest BCUT2D eigenvalue weighted by molar-refractivity contribution is 7.89. The summed E-state index contributed by atoms with van der Waals surface area (Å²) in [5, 5.41) is 0.660. The molecule has 0 aromatic heterocycles. The van der Waals surface area contributed by atoms with Crippen molar-refractivity contribution in [3.63, 3.8) is 0 Å². The number of ether oxygens (including phenoxy) is 1. The summed E-state index contributed by atoms with van der Waals surface area (Å²) in [5.74, 6) is -2.81. The second-order valence-electron chi connectivity index (χ2n) is 13.3. The summed E-state index contributed by atoms with van der Waals surface area (Å²) in [4.78, 5) is 17.0. The molecule has 3 aromatic carbocycles. The zero-order valence-corrected chi connectivity index (χ0v) is 28.5. The maximum absolute atomic E-state index is 14.7. The zero-order chi connectivity index (χ0) is 33.9. The van der Waals surface area contributed by atoms with Gasteiger partial charge in [0.05, 0.1) is 24.1 Å². The van der Waals surface area contributed by atoms with Crippen LogP contribution in [0.15, 0.2) is 77.7 Å². The molecule has 0 radical (unpaired) electrons. The van der Waals surface area contributed by atoms with E-state index in [0.29, 0.717) is 36.4 Å². The third-order valence-electron chi connectivity index (χ3n) is 9.84. The van der Waals surface area contributed by atoms with Crippen LogP contribution in [0.1, 0.15) is 44.1 Å². The molecule has 6 rings (SSSR count). The summed E-state index contributed by atoms with van der Waals surface area (Å²) >= 11 is 6.03. The number of benzene rings is 3. The minimum Gasteiger partial charge on any atom is -0.493 e. The summed E-state index contributed by atoms with van der Waals surface area (Å²) < 4.78 is 64.6. The molecule has 1 aliphatic carbocycles. The fraction of sp³-hybridized carbons (Fsp3) is 0.472. The Kier molecular flexibility index (Phi) is 10.7. The fourth-order valence-corrected chi connectivity index (χ4v) is 8.62. The van der Waals surface area contributed by atoms with E-state index >= 15 is 0 Å². The second-order valence-corrected chi connectivity index (χ2v) is 15.6. The predicted molar refractivity (Wildman–Crippen MR) is 182 cm³/mol. The molecule has 1 amide bonds. The highest BCUT2D eigenvalue weighted by atomic mass is 35.5. The van der Waals surface area contributed by atoms with Crippen molar-refractivity contribution in [2.24, 2.45) is 11.7 Å². The number of alkyl halides is 2. The number of halogens is 3. The Hall–Kier alpha value is -3.09. The van der Waals surface area contributed by atoms with Gasteiger partial charge in [-0.25, -0.2) is 17.2 Å². The number of likely N-dealkylation sites (tertiary alicyclic amines) is 1. The van der Waals surface area contributed by atoms with Crippen LogP contribution in [0.2, 0.25) is 5.02 Å². The minimum atomic E-state index is -4.14. The van der Waals surface area contributed by atoms with Gasteiger partial charge in [-0.05, 0) is 78.3 Å². The molecule has 1 unspecified atom stereocenters. The quantitative estimate of drug-likeness (QED) is 0.293. The summed E-state index contributed by atoms with van der Waals surface area (Å²) in [6.45, 7) is 0.728. The lowest BCUT2D eigenvalue weighted by Crippen LogP contribution is -2.64. The third-order valence-corrected chi connectivity index (χ3v) is 12.0. The lowest BCUT2D eigenvalue weighted by atomic mass is 9.90. The van der Waals surface area contributed by atoms with Gasteiger partial charge >= 0.3 is 0 Å². The molecule has 1 saturated carbocycles. The molecule has 258 valence electrons. The van der Waals surface area contributed by atoms with E-state index in [0.717, 1.165) is 34.4 Å². The first-order chi connectivity index (χ1) is 23.0. The number of nitrogens with two attached hydrogens (primary N) is 1. The monoisotopic (exact) mass is 700 g/mol. The number of carbonyl (C=O) groups is 1. The lowest BCUT2D eigenvalue weighted by molar-refractivity contribution is -0.149. The van der Waals surface area contributed by atoms with E-state index < -0.39 is 40.5 Å². The van der Waals surface area contributed by atoms with Gasteiger partial charge in [-0.2, -0.15) is 4.31 Å². The Balaban J connectivity index is 1.18. The normalized spacial score (nSPS) is 22.8. The average molecular weight is 701 g/mol. The van der Waals surface area contributed by atoms with Gasteiger partial charge in [-0.3, -0.25) is 9.69 Å². The van der Waals surface area contributed by atoms with E-state index in [2.05, 4.69) is 0 Å². The number of piperazine rings is 1. The molecule has 3 aromatic rings. The summed E-state index contributed by atoms with van der Waals surface area (Å²) in [6, 6.07) is 19.3. The molecule has 8 nitrogen and oxygen atoms in total. The summed E-state index contributed by atoms with van der Waals surface area (Å²) in [7, 11) is -4.14. The van der Waals surface area contributed by atoms with Gasteiger partial charge in [0, 0.05) is 37.7 Å². The maximum atomic E-state index is 14.7. The van der Waals surface area contributed by atoms with E-state index in [9.17, 15) is 22.0 Å². The molecule has 48 heavy (non-hydrogen) atoms. The summed E-state index contributed by atoms with van der Waals surface area (Å²) in [6.07, 6.45) is 5.87. The van der Waals surface area contributed by atoms with Crippen molar-refractivity contribution in [1.82, 2.24) is 14.1 Å². The number of rotatable bonds is 9. The van der Waals surface area contributed by atoms with Gasteiger partial charge in [-0.1, -0.05) is 67.3 Å². The molecule has 0 bridgehead atoms. The molecule has 0 spiro atoms. The number of hydrogen-bond donors (Lipinski definition) is 1. The van der Waals surface area contributed by atoms with E-state index in [1.165, 1.54) is 35.7 Å². The van der Waals surface area contributed by atoms with Gasteiger partial charge in [0.25, 0.3) is 5.92 Å². The molecule has 12 heteroatoms. The Morgan fingerprint density at radius 3 is 2.17 bits per heavy atom. The van der Waals surface area contributed by atoms with Crippen molar-refractivity contribution in [3.05, 3.63) is 83.4 Å². The lowest BCUT2D eigenvalue weighted by Gasteiger charge is -2.43. The van der Waals surface area contributed by atoms with Crippen LogP contribution in [0.3, 0.4) is 0 Å². The van der Waals surface area contributed by atoms with Crippen LogP contribution in [-0.4, -0.2) is 85.8 Å². The van der Waals surface area contributed by atoms with E-state index in [1.54, 1.807) is 12.1 Å². The van der Waals surface area contributed by atoms with Crippen LogP contribution in [-0.2, 0) is 21.4 Å². The Bertz CT molecular complexity index is 1650. The third kappa shape index (κ3) is 8.03. The number of carbonyl (C=O) groups excluding carboxylic acids is 1. The minimum absolute atomic E-state index is 0.0301. The molecule has 2 atom stereocenters. The van der Waals surface area contributed by atoms with E-state index in [4.69, 9.17) is 22.1 Å². The van der Waals surface area contributed by atoms with Crippen LogP contribution in [0.5, 0.6) is 5.75 Å². The fourth-order valence-electron chi connectivity index (χ4n) is 6.93. The van der Waals surface area contributed by atoms with Crippen molar-refractivity contribution in [3.8, 4) is 16.9 Å². The molecule has 3 aliphatic rings. The Labute approximate surface area is 286 Å². The number of hydrogen-bond acceptors (Lipinski definition) is 6. The SMILES string of the molecule is NC1CCN(C(=O)[C@@H]2CN(Cc3ccc(-c4ccc(Cl)cc4)cc3)CCN2S(=O)(=O)c2ccc(OCC3CCCCC3)cc2)CC1(F)F. The predicted octanol–water partition coefficient (Wildman–Crippen LogP) is 6.04. The highest BCUT2D eigenvalue weighted by Gasteiger charge is 2.48. The number of piperidine rings is 1. The molecule has 3 fully saturated rings. The van der Waals surface area contributed by atoms with Gasteiger partial charge in [0.15, 0.2) is 0 Å². The Morgan fingerprint density at radius 2 is 1.52 bits per heavy atom. The van der Waals surface area contributed by atoms with Gasteiger partial charge in [-0.15, -0.1) is 0 Å². The molecule has 2 heterocycles. The largest absolute Gasteiger partial charge is 0.493 e. The van der Waals surface area contributed by atoms with Crippen molar-refractivity contribution < 1.29 is 26.7 Å². The maximum Gasteiger partial charge on any atom is 0.280 e. The van der Waals surface area contributed by atoms with Gasteiger partial charge in [0.2, 0.25) is 15.9 Å². The van der Waals surface area contributed by atoms with Crippen LogP contribution in [0, 0.1) is 5.92 Å². The number of sulfonamides is 1. The van der Waals surface area contributed by atoms with Crippen molar-refractivity contribution in [2.75, 3.05) is 39.3 Å². The number of amides is 1. The van der Waals surface area contributed by atoms with Gasteiger partial charge < -0.3 is 15.4 Å². The van der Waals surface area contributed by atoms with Crippen molar-refractivity contribution >= 4 is 27.5 Å². The van der Waals surface area contributed by atoms with Crippen molar-refractivity contribution in [1.29, 1.82) is 0 Å². The first-order valence-electron chi connectivity index (χ1n) is 16.7. The zero-order valence-electron chi connectivity index (χ0n) is 26.9. The van der Waals surface area contributed by atoms with Crippen LogP contribution in [0.4, 0.5) is 8.78 Å². The first kappa shape index (κ1) is 34.8. The smallest absolute Gasteiger partial charge is 0.280 e. The Morgan fingerprint density at radius 1 is 0.875 bits per heavy atom. The highest BCUT2D eigenvalue weighted by Crippen LogP contribution is 2.31. The van der Waals surface area contributed by atoms with Crippen LogP contribution >= 0.6 is 11.6 Å². The van der Waals surface area contributed by atoms with Crippen LogP contribution in [0.25, 0.3) is 11.1 Å². The van der Waals surface area contributed by atoms with Crippen LogP contribution < -0.4 is 10.5 Å². The molecule has 2 saturated heterocycles. The van der Waals surface area contributed by atoms with E-state index in [1.807, 2.05) is 53.4 Å². The average Bonchev–Trinajstić information content (AvgIpc) is 3.09. The van der Waals surface area contributed by atoms with Crippen molar-refractivity contribution in [2.45, 2.75) is 68.0 Å². The molecular weight excluding hydrogens is 658 g/mol. The second kappa shape index (κ2) is 14.8. The standard InChI is InChI=1S/C36H43ClF2N4O4S/c37-30-12-10-29(11-13-30)28-8-6-26(7-9-28)22-41-20-21-43(33(23-41)35(44)42-19-18-34(40)36(38,39)25-42)48(45,46)32-16-14-31(15-17-32)47-24-27-4-2-1-3-5-27/h6-17,27,33-34H,1-5,18-25,40H2/t33-,34?/m0/s1.